The molecule has 3 rings (SSSR count). The maximum Gasteiger partial charge on any atom is 0.240 e. The molecule has 22 heavy (non-hydrogen) atoms. The van der Waals surface area contributed by atoms with Gasteiger partial charge in [-0.25, -0.2) is 0 Å². The lowest BCUT2D eigenvalue weighted by atomic mass is 9.98. The zero-order chi connectivity index (χ0) is 15.5. The van der Waals surface area contributed by atoms with Gasteiger partial charge in [-0.1, -0.05) is 5.16 Å². The van der Waals surface area contributed by atoms with Crippen LogP contribution in [0.1, 0.15) is 29.6 Å². The number of aromatic nitrogens is 2. The number of methoxy groups -OCH3 is 2. The summed E-state index contributed by atoms with van der Waals surface area (Å²) in [4.78, 5) is 6.60. The van der Waals surface area contributed by atoms with Crippen molar-refractivity contribution in [2.75, 3.05) is 27.3 Å². The molecule has 1 fully saturated rings. The summed E-state index contributed by atoms with van der Waals surface area (Å²) < 4.78 is 15.9. The molecule has 0 aliphatic carbocycles. The third-order valence-electron chi connectivity index (χ3n) is 4.05. The third kappa shape index (κ3) is 3.22. The topological polar surface area (TPSA) is 60.6 Å². The van der Waals surface area contributed by atoms with E-state index in [1.165, 1.54) is 5.56 Å². The van der Waals surface area contributed by atoms with E-state index in [4.69, 9.17) is 14.0 Å². The van der Waals surface area contributed by atoms with E-state index in [-0.39, 0.29) is 0 Å². The van der Waals surface area contributed by atoms with E-state index >= 15 is 0 Å². The second-order valence-corrected chi connectivity index (χ2v) is 5.60. The average molecular weight is 303 g/mol. The number of ether oxygens (including phenoxy) is 2. The smallest absolute Gasteiger partial charge is 0.240 e. The SMILES string of the molecule is COc1cc(OC)cc(C2CCN(Cc3nc(C)no3)C2)c1. The molecule has 1 unspecified atom stereocenters. The van der Waals surface area contributed by atoms with Crippen LogP contribution in [0.3, 0.4) is 0 Å². The Morgan fingerprint density at radius 2 is 1.95 bits per heavy atom. The zero-order valence-electron chi connectivity index (χ0n) is 13.2. The highest BCUT2D eigenvalue weighted by Gasteiger charge is 2.26. The average Bonchev–Trinajstić information content (AvgIpc) is 3.16. The Labute approximate surface area is 130 Å². The second-order valence-electron chi connectivity index (χ2n) is 5.60. The number of benzene rings is 1. The molecule has 0 spiro atoms. The van der Waals surface area contributed by atoms with E-state index in [1.54, 1.807) is 14.2 Å². The fraction of sp³-hybridized carbons (Fsp3) is 0.500. The largest absolute Gasteiger partial charge is 0.497 e. The van der Waals surface area contributed by atoms with Crippen LogP contribution in [0.5, 0.6) is 11.5 Å². The number of hydrogen-bond donors (Lipinski definition) is 0. The van der Waals surface area contributed by atoms with Gasteiger partial charge in [-0.2, -0.15) is 4.98 Å². The first-order valence-corrected chi connectivity index (χ1v) is 7.42. The van der Waals surface area contributed by atoms with E-state index < -0.39 is 0 Å². The molecule has 1 atom stereocenters. The summed E-state index contributed by atoms with van der Waals surface area (Å²) in [6.45, 7) is 4.53. The maximum absolute atomic E-state index is 5.36. The Bertz CT molecular complexity index is 619. The van der Waals surface area contributed by atoms with Gasteiger partial charge in [0.05, 0.1) is 20.8 Å². The summed E-state index contributed by atoms with van der Waals surface area (Å²) in [5.41, 5.74) is 1.25. The van der Waals surface area contributed by atoms with Crippen molar-refractivity contribution < 1.29 is 14.0 Å². The van der Waals surface area contributed by atoms with Crippen molar-refractivity contribution in [1.82, 2.24) is 15.0 Å². The second kappa shape index (κ2) is 6.36. The van der Waals surface area contributed by atoms with Crippen molar-refractivity contribution in [2.45, 2.75) is 25.8 Å². The zero-order valence-corrected chi connectivity index (χ0v) is 13.2. The maximum atomic E-state index is 5.36. The van der Waals surface area contributed by atoms with Crippen LogP contribution in [0, 0.1) is 6.92 Å². The lowest BCUT2D eigenvalue weighted by Crippen LogP contribution is -2.20. The molecule has 0 bridgehead atoms. The lowest BCUT2D eigenvalue weighted by molar-refractivity contribution is 0.265. The van der Waals surface area contributed by atoms with E-state index in [0.29, 0.717) is 24.2 Å². The minimum absolute atomic E-state index is 0.466. The first-order chi connectivity index (χ1) is 10.7. The molecule has 1 aromatic carbocycles. The molecule has 6 nitrogen and oxygen atoms in total. The van der Waals surface area contributed by atoms with E-state index in [9.17, 15) is 0 Å². The van der Waals surface area contributed by atoms with Crippen LogP contribution in [0.4, 0.5) is 0 Å². The lowest BCUT2D eigenvalue weighted by Gasteiger charge is -2.15. The highest BCUT2D eigenvalue weighted by atomic mass is 16.5. The van der Waals surface area contributed by atoms with E-state index in [1.807, 2.05) is 13.0 Å². The summed E-state index contributed by atoms with van der Waals surface area (Å²) in [7, 11) is 3.36. The molecule has 1 saturated heterocycles. The Kier molecular flexibility index (Phi) is 4.29. The number of nitrogens with zero attached hydrogens (tertiary/aromatic N) is 3. The molecule has 118 valence electrons. The van der Waals surface area contributed by atoms with Crippen LogP contribution in [0.25, 0.3) is 0 Å². The van der Waals surface area contributed by atoms with E-state index in [2.05, 4.69) is 27.2 Å². The molecule has 0 N–H and O–H groups in total. The third-order valence-corrected chi connectivity index (χ3v) is 4.05. The Balaban J connectivity index is 1.69. The summed E-state index contributed by atoms with van der Waals surface area (Å²) >= 11 is 0. The fourth-order valence-corrected chi connectivity index (χ4v) is 2.91. The Morgan fingerprint density at radius 1 is 1.23 bits per heavy atom. The molecule has 2 heterocycles. The van der Waals surface area contributed by atoms with Crippen molar-refractivity contribution in [3.63, 3.8) is 0 Å². The molecule has 1 aliphatic heterocycles. The molecule has 0 amide bonds. The predicted octanol–water partition coefficient (Wildman–Crippen LogP) is 2.38. The molecule has 6 heteroatoms. The van der Waals surface area contributed by atoms with Crippen molar-refractivity contribution in [2.24, 2.45) is 0 Å². The van der Waals surface area contributed by atoms with Crippen LogP contribution in [0.15, 0.2) is 22.7 Å². The van der Waals surface area contributed by atoms with Crippen molar-refractivity contribution >= 4 is 0 Å². The minimum Gasteiger partial charge on any atom is -0.497 e. The molecule has 0 radical (unpaired) electrons. The standard InChI is InChI=1S/C16H21N3O3/c1-11-17-16(22-18-11)10-19-5-4-12(9-19)13-6-14(20-2)8-15(7-13)21-3/h6-8,12H,4-5,9-10H2,1-3H3. The molecular formula is C16H21N3O3. The van der Waals surface area contributed by atoms with E-state index in [0.717, 1.165) is 31.0 Å². The first kappa shape index (κ1) is 14.8. The number of hydrogen-bond acceptors (Lipinski definition) is 6. The molecule has 0 saturated carbocycles. The van der Waals surface area contributed by atoms with Gasteiger partial charge in [0, 0.05) is 12.6 Å². The van der Waals surface area contributed by atoms with Gasteiger partial charge in [0.2, 0.25) is 5.89 Å². The van der Waals surface area contributed by atoms with Crippen LogP contribution in [-0.4, -0.2) is 42.3 Å². The minimum atomic E-state index is 0.466. The summed E-state index contributed by atoms with van der Waals surface area (Å²) in [6, 6.07) is 6.08. The van der Waals surface area contributed by atoms with Gasteiger partial charge in [-0.15, -0.1) is 0 Å². The molecule has 2 aromatic rings. The van der Waals surface area contributed by atoms with Crippen molar-refractivity contribution in [1.29, 1.82) is 0 Å². The molecule has 1 aromatic heterocycles. The Hall–Kier alpha value is -2.08. The van der Waals surface area contributed by atoms with Crippen LogP contribution in [0.2, 0.25) is 0 Å². The summed E-state index contributed by atoms with van der Waals surface area (Å²) in [6.07, 6.45) is 1.10. The number of aryl methyl sites for hydroxylation is 1. The van der Waals surface area contributed by atoms with Gasteiger partial charge >= 0.3 is 0 Å². The van der Waals surface area contributed by atoms with Gasteiger partial charge in [0.1, 0.15) is 11.5 Å². The quantitative estimate of drug-likeness (QED) is 0.845. The van der Waals surface area contributed by atoms with Gasteiger partial charge < -0.3 is 14.0 Å². The first-order valence-electron chi connectivity index (χ1n) is 7.42. The van der Waals surface area contributed by atoms with Crippen LogP contribution in [-0.2, 0) is 6.54 Å². The van der Waals surface area contributed by atoms with Crippen LogP contribution >= 0.6 is 0 Å². The predicted molar refractivity (Wildman–Crippen MR) is 81.2 cm³/mol. The van der Waals surface area contributed by atoms with Crippen molar-refractivity contribution in [3.05, 3.63) is 35.5 Å². The van der Waals surface area contributed by atoms with Gasteiger partial charge in [-0.05, 0) is 43.5 Å². The monoisotopic (exact) mass is 303 g/mol. The Morgan fingerprint density at radius 3 is 2.55 bits per heavy atom. The highest BCUT2D eigenvalue weighted by molar-refractivity contribution is 5.40. The highest BCUT2D eigenvalue weighted by Crippen LogP contribution is 2.33. The number of likely N-dealkylation sites (tertiary alicyclic amines) is 1. The number of rotatable bonds is 5. The molecular weight excluding hydrogens is 282 g/mol. The van der Waals surface area contributed by atoms with Gasteiger partial charge in [0.15, 0.2) is 5.82 Å². The molecule has 1 aliphatic rings. The van der Waals surface area contributed by atoms with Gasteiger partial charge in [-0.3, -0.25) is 4.90 Å². The fourth-order valence-electron chi connectivity index (χ4n) is 2.91. The summed E-state index contributed by atoms with van der Waals surface area (Å²) in [5, 5.41) is 3.84. The summed E-state index contributed by atoms with van der Waals surface area (Å²) in [5.74, 6) is 3.50. The van der Waals surface area contributed by atoms with Crippen molar-refractivity contribution in [3.8, 4) is 11.5 Å². The van der Waals surface area contributed by atoms with Gasteiger partial charge in [0.25, 0.3) is 0 Å². The van der Waals surface area contributed by atoms with Crippen LogP contribution < -0.4 is 9.47 Å². The normalized spacial score (nSPS) is 18.6.